The van der Waals surface area contributed by atoms with E-state index in [1.165, 1.54) is 0 Å². The largest absolute Gasteiger partial charge is 0.389 e. The molecule has 0 amide bonds. The van der Waals surface area contributed by atoms with Gasteiger partial charge in [-0.1, -0.05) is 31.6 Å². The number of nitrogens with one attached hydrogen (secondary N) is 1. The SMILES string of the molecule is CCCC(C)NS(=O)(=O)c1ccc(C(N)=S)cc1C. The molecule has 1 rings (SSSR count). The van der Waals surface area contributed by atoms with Crippen molar-refractivity contribution in [3.8, 4) is 0 Å². The van der Waals surface area contributed by atoms with Crippen molar-refractivity contribution in [2.45, 2.75) is 44.6 Å². The highest BCUT2D eigenvalue weighted by Crippen LogP contribution is 2.17. The van der Waals surface area contributed by atoms with Crippen LogP contribution in [0.3, 0.4) is 0 Å². The van der Waals surface area contributed by atoms with Crippen LogP contribution in [0.15, 0.2) is 23.1 Å². The van der Waals surface area contributed by atoms with Crippen LogP contribution in [0.2, 0.25) is 0 Å². The van der Waals surface area contributed by atoms with Crippen LogP contribution in [0.5, 0.6) is 0 Å². The van der Waals surface area contributed by atoms with E-state index in [0.29, 0.717) is 11.1 Å². The van der Waals surface area contributed by atoms with Crippen molar-refractivity contribution in [3.63, 3.8) is 0 Å². The van der Waals surface area contributed by atoms with E-state index in [0.717, 1.165) is 12.8 Å². The van der Waals surface area contributed by atoms with Crippen LogP contribution in [0.1, 0.15) is 37.8 Å². The third-order valence-electron chi connectivity index (χ3n) is 2.83. The molecule has 1 atom stereocenters. The molecule has 1 unspecified atom stereocenters. The van der Waals surface area contributed by atoms with E-state index in [1.807, 2.05) is 13.8 Å². The highest BCUT2D eigenvalue weighted by molar-refractivity contribution is 7.89. The first-order valence-corrected chi connectivity index (χ1v) is 8.10. The first kappa shape index (κ1) is 16.1. The third-order valence-corrected chi connectivity index (χ3v) is 4.81. The fourth-order valence-corrected chi connectivity index (χ4v) is 3.56. The average Bonchev–Trinajstić information content (AvgIpc) is 2.27. The molecule has 19 heavy (non-hydrogen) atoms. The Morgan fingerprint density at radius 2 is 2.11 bits per heavy atom. The van der Waals surface area contributed by atoms with E-state index in [9.17, 15) is 8.42 Å². The van der Waals surface area contributed by atoms with Crippen LogP contribution >= 0.6 is 12.2 Å². The van der Waals surface area contributed by atoms with E-state index in [2.05, 4.69) is 4.72 Å². The van der Waals surface area contributed by atoms with Gasteiger partial charge in [-0.15, -0.1) is 0 Å². The van der Waals surface area contributed by atoms with Crippen molar-refractivity contribution in [1.82, 2.24) is 4.72 Å². The van der Waals surface area contributed by atoms with Crippen LogP contribution in [0.4, 0.5) is 0 Å². The number of nitrogens with two attached hydrogens (primary N) is 1. The summed E-state index contributed by atoms with van der Waals surface area (Å²) in [5, 5.41) is 0. The highest BCUT2D eigenvalue weighted by atomic mass is 32.2. The fourth-order valence-electron chi connectivity index (χ4n) is 1.92. The van der Waals surface area contributed by atoms with Crippen molar-refractivity contribution in [2.75, 3.05) is 0 Å². The summed E-state index contributed by atoms with van der Waals surface area (Å²) in [4.78, 5) is 0.537. The van der Waals surface area contributed by atoms with Crippen LogP contribution in [0, 0.1) is 6.92 Å². The second-order valence-electron chi connectivity index (χ2n) is 4.66. The minimum absolute atomic E-state index is 0.0790. The van der Waals surface area contributed by atoms with Gasteiger partial charge in [-0.25, -0.2) is 13.1 Å². The van der Waals surface area contributed by atoms with Gasteiger partial charge in [0.25, 0.3) is 0 Å². The van der Waals surface area contributed by atoms with Gasteiger partial charge in [0.15, 0.2) is 0 Å². The molecule has 6 heteroatoms. The Bertz CT molecular complexity index is 568. The monoisotopic (exact) mass is 300 g/mol. The van der Waals surface area contributed by atoms with E-state index >= 15 is 0 Å². The lowest BCUT2D eigenvalue weighted by atomic mass is 10.1. The molecule has 0 bridgehead atoms. The molecule has 1 aromatic carbocycles. The smallest absolute Gasteiger partial charge is 0.241 e. The van der Waals surface area contributed by atoms with Crippen molar-refractivity contribution in [1.29, 1.82) is 0 Å². The van der Waals surface area contributed by atoms with E-state index in [1.54, 1.807) is 25.1 Å². The molecule has 0 aliphatic rings. The first-order valence-electron chi connectivity index (χ1n) is 6.20. The van der Waals surface area contributed by atoms with Crippen molar-refractivity contribution < 1.29 is 8.42 Å². The minimum Gasteiger partial charge on any atom is -0.389 e. The van der Waals surface area contributed by atoms with Crippen molar-refractivity contribution in [3.05, 3.63) is 29.3 Å². The lowest BCUT2D eigenvalue weighted by molar-refractivity contribution is 0.543. The molecule has 0 fully saturated rings. The summed E-state index contributed by atoms with van der Waals surface area (Å²) in [6.07, 6.45) is 1.74. The molecule has 0 aromatic heterocycles. The van der Waals surface area contributed by atoms with Crippen LogP contribution in [-0.4, -0.2) is 19.4 Å². The van der Waals surface area contributed by atoms with Gasteiger partial charge in [0.1, 0.15) is 4.99 Å². The van der Waals surface area contributed by atoms with Gasteiger partial charge in [0.2, 0.25) is 10.0 Å². The van der Waals surface area contributed by atoms with Crippen LogP contribution in [-0.2, 0) is 10.0 Å². The predicted octanol–water partition coefficient (Wildman–Crippen LogP) is 2.10. The maximum Gasteiger partial charge on any atom is 0.241 e. The average molecular weight is 300 g/mol. The Morgan fingerprint density at radius 1 is 1.47 bits per heavy atom. The van der Waals surface area contributed by atoms with Gasteiger partial charge >= 0.3 is 0 Å². The molecule has 106 valence electrons. The zero-order chi connectivity index (χ0) is 14.6. The number of benzene rings is 1. The molecule has 1 aromatic rings. The standard InChI is InChI=1S/C13H20N2O2S2/c1-4-5-10(3)15-19(16,17)12-7-6-11(13(14)18)8-9(12)2/h6-8,10,15H,4-5H2,1-3H3,(H2,14,18). The van der Waals surface area contributed by atoms with E-state index < -0.39 is 10.0 Å². The van der Waals surface area contributed by atoms with Crippen molar-refractivity contribution >= 4 is 27.2 Å². The Hall–Kier alpha value is -0.980. The number of thiocarbonyl (C=S) groups is 1. The topological polar surface area (TPSA) is 72.2 Å². The lowest BCUT2D eigenvalue weighted by Gasteiger charge is -2.15. The molecule has 4 nitrogen and oxygen atoms in total. The second-order valence-corrected chi connectivity index (χ2v) is 6.78. The summed E-state index contributed by atoms with van der Waals surface area (Å²) in [5.74, 6) is 0. The molecule has 0 radical (unpaired) electrons. The third kappa shape index (κ3) is 4.26. The Balaban J connectivity index is 3.05. The summed E-state index contributed by atoms with van der Waals surface area (Å²) in [7, 11) is -3.49. The molecule has 3 N–H and O–H groups in total. The molecular weight excluding hydrogens is 280 g/mol. The molecule has 0 aliphatic heterocycles. The summed E-state index contributed by atoms with van der Waals surface area (Å²) in [6, 6.07) is 4.80. The molecular formula is C13H20N2O2S2. The van der Waals surface area contributed by atoms with Gasteiger partial charge in [-0.05, 0) is 38.0 Å². The fraction of sp³-hybridized carbons (Fsp3) is 0.462. The summed E-state index contributed by atoms with van der Waals surface area (Å²) in [6.45, 7) is 5.62. The van der Waals surface area contributed by atoms with E-state index in [4.69, 9.17) is 18.0 Å². The Morgan fingerprint density at radius 3 is 2.58 bits per heavy atom. The molecule has 0 saturated carbocycles. The maximum absolute atomic E-state index is 12.2. The van der Waals surface area contributed by atoms with Gasteiger partial charge in [0, 0.05) is 11.6 Å². The van der Waals surface area contributed by atoms with E-state index in [-0.39, 0.29) is 15.9 Å². The number of hydrogen-bond donors (Lipinski definition) is 2. The minimum atomic E-state index is -3.49. The Labute approximate surface area is 120 Å². The molecule has 0 aliphatic carbocycles. The van der Waals surface area contributed by atoms with Crippen molar-refractivity contribution in [2.24, 2.45) is 5.73 Å². The second kappa shape index (κ2) is 6.45. The molecule has 0 spiro atoms. The van der Waals surface area contributed by atoms with Crippen LogP contribution in [0.25, 0.3) is 0 Å². The number of aryl methyl sites for hydroxylation is 1. The van der Waals surface area contributed by atoms with Crippen LogP contribution < -0.4 is 10.5 Å². The zero-order valence-corrected chi connectivity index (χ0v) is 13.1. The zero-order valence-electron chi connectivity index (χ0n) is 11.4. The normalized spacial score (nSPS) is 13.2. The number of sulfonamides is 1. The van der Waals surface area contributed by atoms with Gasteiger partial charge < -0.3 is 5.73 Å². The maximum atomic E-state index is 12.2. The predicted molar refractivity (Wildman–Crippen MR) is 81.8 cm³/mol. The Kier molecular flexibility index (Phi) is 5.46. The van der Waals surface area contributed by atoms with Gasteiger partial charge in [-0.2, -0.15) is 0 Å². The molecule has 0 heterocycles. The lowest BCUT2D eigenvalue weighted by Crippen LogP contribution is -2.32. The molecule has 0 saturated heterocycles. The van der Waals surface area contributed by atoms with Gasteiger partial charge in [0.05, 0.1) is 4.90 Å². The summed E-state index contributed by atoms with van der Waals surface area (Å²) < 4.78 is 27.2. The number of rotatable bonds is 6. The summed E-state index contributed by atoms with van der Waals surface area (Å²) in [5.41, 5.74) is 6.84. The highest BCUT2D eigenvalue weighted by Gasteiger charge is 2.19. The number of hydrogen-bond acceptors (Lipinski definition) is 3. The quantitative estimate of drug-likeness (QED) is 0.789. The van der Waals surface area contributed by atoms with Gasteiger partial charge in [-0.3, -0.25) is 0 Å². The summed E-state index contributed by atoms with van der Waals surface area (Å²) >= 11 is 4.88. The first-order chi connectivity index (χ1) is 8.77.